The van der Waals surface area contributed by atoms with Gasteiger partial charge in [-0.1, -0.05) is 38.5 Å². The highest BCUT2D eigenvalue weighted by Gasteiger charge is 2.54. The highest BCUT2D eigenvalue weighted by Crippen LogP contribution is 2.50. The monoisotopic (exact) mass is 310 g/mol. The minimum Gasteiger partial charge on any atom is -0.481 e. The lowest BCUT2D eigenvalue weighted by atomic mass is 9.58. The first kappa shape index (κ1) is 17.3. The quantitative estimate of drug-likeness (QED) is 0.779. The largest absolute Gasteiger partial charge is 0.481 e. The van der Waals surface area contributed by atoms with Gasteiger partial charge in [0.15, 0.2) is 0 Å². The summed E-state index contributed by atoms with van der Waals surface area (Å²) in [7, 11) is 1.39. The molecule has 0 radical (unpaired) electrons. The number of hydrogen-bond acceptors (Lipinski definition) is 3. The van der Waals surface area contributed by atoms with Crippen molar-refractivity contribution in [2.75, 3.05) is 7.11 Å². The second-order valence-electron chi connectivity index (χ2n) is 7.32. The van der Waals surface area contributed by atoms with Crippen LogP contribution >= 0.6 is 0 Å². The number of aliphatic carboxylic acids is 1. The molecule has 2 aliphatic rings. The molecule has 126 valence electrons. The molecule has 4 heteroatoms. The molecule has 0 bridgehead atoms. The van der Waals surface area contributed by atoms with Gasteiger partial charge < -0.3 is 9.84 Å². The molecule has 22 heavy (non-hydrogen) atoms. The summed E-state index contributed by atoms with van der Waals surface area (Å²) in [5, 5.41) is 9.93. The topological polar surface area (TPSA) is 63.6 Å². The minimum absolute atomic E-state index is 0.109. The molecule has 0 aliphatic heterocycles. The summed E-state index contributed by atoms with van der Waals surface area (Å²) >= 11 is 0. The Labute approximate surface area is 133 Å². The van der Waals surface area contributed by atoms with E-state index in [0.717, 1.165) is 51.4 Å². The molecule has 4 nitrogen and oxygen atoms in total. The first-order valence-corrected chi connectivity index (χ1v) is 8.83. The Morgan fingerprint density at radius 3 is 1.95 bits per heavy atom. The van der Waals surface area contributed by atoms with Crippen LogP contribution in [0.3, 0.4) is 0 Å². The summed E-state index contributed by atoms with van der Waals surface area (Å²) < 4.78 is 5.09. The number of esters is 1. The first-order chi connectivity index (χ1) is 10.5. The number of carboxylic acids is 1. The van der Waals surface area contributed by atoms with E-state index < -0.39 is 17.3 Å². The third-order valence-electron chi connectivity index (χ3n) is 6.11. The number of carbonyl (C=O) groups excluding carboxylic acids is 1. The predicted molar refractivity (Wildman–Crippen MR) is 84.4 cm³/mol. The van der Waals surface area contributed by atoms with Crippen LogP contribution in [0.4, 0.5) is 0 Å². The molecule has 2 rings (SSSR count). The van der Waals surface area contributed by atoms with Gasteiger partial charge in [-0.25, -0.2) is 0 Å². The SMILES string of the molecule is COC(=O)[C@](C)(C1CCCCC1)[C@@H](C(=O)O)C1CCCCC1. The molecule has 0 aromatic heterocycles. The van der Waals surface area contributed by atoms with Crippen LogP contribution in [0.1, 0.15) is 71.1 Å². The number of hydrogen-bond donors (Lipinski definition) is 1. The molecule has 0 spiro atoms. The normalized spacial score (nSPS) is 25.2. The molecule has 0 amide bonds. The molecule has 0 saturated heterocycles. The van der Waals surface area contributed by atoms with E-state index in [4.69, 9.17) is 4.74 Å². The van der Waals surface area contributed by atoms with Crippen molar-refractivity contribution in [2.45, 2.75) is 71.1 Å². The van der Waals surface area contributed by atoms with Crippen LogP contribution in [-0.2, 0) is 14.3 Å². The van der Waals surface area contributed by atoms with Crippen LogP contribution in [-0.4, -0.2) is 24.2 Å². The number of ether oxygens (including phenoxy) is 1. The van der Waals surface area contributed by atoms with Crippen LogP contribution < -0.4 is 0 Å². The number of rotatable bonds is 5. The Bertz CT molecular complexity index is 394. The third-order valence-corrected chi connectivity index (χ3v) is 6.11. The van der Waals surface area contributed by atoms with E-state index in [2.05, 4.69) is 0 Å². The summed E-state index contributed by atoms with van der Waals surface area (Å²) in [6, 6.07) is 0. The lowest BCUT2D eigenvalue weighted by Gasteiger charge is -2.44. The Morgan fingerprint density at radius 2 is 1.50 bits per heavy atom. The van der Waals surface area contributed by atoms with Crippen molar-refractivity contribution >= 4 is 11.9 Å². The molecular weight excluding hydrogens is 280 g/mol. The van der Waals surface area contributed by atoms with Crippen molar-refractivity contribution in [3.63, 3.8) is 0 Å². The van der Waals surface area contributed by atoms with Gasteiger partial charge in [-0.15, -0.1) is 0 Å². The Balaban J connectivity index is 2.34. The van der Waals surface area contributed by atoms with E-state index in [9.17, 15) is 14.7 Å². The molecule has 0 aromatic carbocycles. The number of carbonyl (C=O) groups is 2. The van der Waals surface area contributed by atoms with Gasteiger partial charge in [0.25, 0.3) is 0 Å². The lowest BCUT2D eigenvalue weighted by molar-refractivity contribution is -0.173. The standard InChI is InChI=1S/C18H30O4/c1-18(17(21)22-2,14-11-7-4-8-12-14)15(16(19)20)13-9-5-3-6-10-13/h13-15H,3-12H2,1-2H3,(H,19,20)/t15-,18-/m1/s1. The summed E-state index contributed by atoms with van der Waals surface area (Å²) in [5.41, 5.74) is -0.886. The number of methoxy groups -OCH3 is 1. The summed E-state index contributed by atoms with van der Waals surface area (Å²) in [6.07, 6.45) is 10.5. The predicted octanol–water partition coefficient (Wildman–Crippen LogP) is 4.03. The maximum Gasteiger partial charge on any atom is 0.312 e. The van der Waals surface area contributed by atoms with E-state index in [1.54, 1.807) is 0 Å². The van der Waals surface area contributed by atoms with E-state index in [1.165, 1.54) is 20.0 Å². The minimum atomic E-state index is -0.886. The summed E-state index contributed by atoms with van der Waals surface area (Å²) in [6.45, 7) is 1.86. The Morgan fingerprint density at radius 1 is 1.00 bits per heavy atom. The van der Waals surface area contributed by atoms with Crippen molar-refractivity contribution < 1.29 is 19.4 Å². The fourth-order valence-electron chi connectivity index (χ4n) is 4.89. The second-order valence-corrected chi connectivity index (χ2v) is 7.32. The molecule has 1 N–H and O–H groups in total. The molecule has 2 saturated carbocycles. The van der Waals surface area contributed by atoms with Crippen LogP contribution in [0, 0.1) is 23.2 Å². The maximum absolute atomic E-state index is 12.6. The maximum atomic E-state index is 12.6. The zero-order chi connectivity index (χ0) is 16.2. The Kier molecular flexibility index (Phi) is 5.87. The molecule has 2 atom stereocenters. The fraction of sp³-hybridized carbons (Fsp3) is 0.889. The Hall–Kier alpha value is -1.06. The van der Waals surface area contributed by atoms with Gasteiger partial charge in [-0.2, -0.15) is 0 Å². The van der Waals surface area contributed by atoms with E-state index in [-0.39, 0.29) is 17.8 Å². The average Bonchev–Trinajstić information content (AvgIpc) is 2.55. The van der Waals surface area contributed by atoms with Crippen molar-refractivity contribution in [1.29, 1.82) is 0 Å². The van der Waals surface area contributed by atoms with E-state index >= 15 is 0 Å². The molecule has 0 aromatic rings. The second kappa shape index (κ2) is 7.47. The van der Waals surface area contributed by atoms with Crippen LogP contribution in [0.2, 0.25) is 0 Å². The van der Waals surface area contributed by atoms with Crippen molar-refractivity contribution in [2.24, 2.45) is 23.2 Å². The zero-order valence-corrected chi connectivity index (χ0v) is 14.0. The van der Waals surface area contributed by atoms with E-state index in [0.29, 0.717) is 0 Å². The first-order valence-electron chi connectivity index (χ1n) is 8.83. The van der Waals surface area contributed by atoms with Crippen LogP contribution in [0.15, 0.2) is 0 Å². The molecule has 2 aliphatic carbocycles. The lowest BCUT2D eigenvalue weighted by Crippen LogP contribution is -2.50. The number of carboxylic acid groups (broad SMARTS) is 1. The highest BCUT2D eigenvalue weighted by atomic mass is 16.5. The summed E-state index contributed by atoms with van der Waals surface area (Å²) in [4.78, 5) is 24.7. The van der Waals surface area contributed by atoms with Crippen molar-refractivity contribution in [3.05, 3.63) is 0 Å². The van der Waals surface area contributed by atoms with Gasteiger partial charge in [-0.05, 0) is 44.4 Å². The zero-order valence-electron chi connectivity index (χ0n) is 14.0. The van der Waals surface area contributed by atoms with Gasteiger partial charge in [0.1, 0.15) is 0 Å². The fourth-order valence-corrected chi connectivity index (χ4v) is 4.89. The average molecular weight is 310 g/mol. The van der Waals surface area contributed by atoms with Crippen molar-refractivity contribution in [3.8, 4) is 0 Å². The van der Waals surface area contributed by atoms with Gasteiger partial charge >= 0.3 is 11.9 Å². The van der Waals surface area contributed by atoms with Crippen LogP contribution in [0.25, 0.3) is 0 Å². The van der Waals surface area contributed by atoms with Gasteiger partial charge in [-0.3, -0.25) is 9.59 Å². The van der Waals surface area contributed by atoms with Crippen LogP contribution in [0.5, 0.6) is 0 Å². The highest BCUT2D eigenvalue weighted by molar-refractivity contribution is 5.84. The molecule has 0 unspecified atom stereocenters. The van der Waals surface area contributed by atoms with Gasteiger partial charge in [0, 0.05) is 0 Å². The molecule has 2 fully saturated rings. The summed E-state index contributed by atoms with van der Waals surface area (Å²) in [5.74, 6) is -1.50. The molecule has 0 heterocycles. The third kappa shape index (κ3) is 3.31. The van der Waals surface area contributed by atoms with Gasteiger partial charge in [0.2, 0.25) is 0 Å². The van der Waals surface area contributed by atoms with Crippen molar-refractivity contribution in [1.82, 2.24) is 0 Å². The van der Waals surface area contributed by atoms with E-state index in [1.807, 2.05) is 6.92 Å². The smallest absolute Gasteiger partial charge is 0.312 e. The molecular formula is C18H30O4. The van der Waals surface area contributed by atoms with Gasteiger partial charge in [0.05, 0.1) is 18.4 Å².